The second-order valence-electron chi connectivity index (χ2n) is 7.29. The molecule has 1 amide bonds. The van der Waals surface area contributed by atoms with E-state index in [2.05, 4.69) is 13.8 Å². The molecule has 0 aromatic rings. The Labute approximate surface area is 144 Å². The van der Waals surface area contributed by atoms with E-state index in [4.69, 9.17) is 4.74 Å². The van der Waals surface area contributed by atoms with E-state index in [1.807, 2.05) is 0 Å². The monoisotopic (exact) mass is 360 g/mol. The third-order valence-corrected chi connectivity index (χ3v) is 6.12. The number of ether oxygens (including phenoxy) is 1. The van der Waals surface area contributed by atoms with Crippen LogP contribution in [0.15, 0.2) is 0 Å². The highest BCUT2D eigenvalue weighted by molar-refractivity contribution is 7.88. The maximum absolute atomic E-state index is 12.2. The maximum atomic E-state index is 12.2. The van der Waals surface area contributed by atoms with Gasteiger partial charge >= 0.3 is 5.97 Å². The van der Waals surface area contributed by atoms with Crippen molar-refractivity contribution in [2.45, 2.75) is 33.1 Å². The van der Waals surface area contributed by atoms with Crippen molar-refractivity contribution in [2.75, 3.05) is 39.0 Å². The molecule has 0 radical (unpaired) electrons. The van der Waals surface area contributed by atoms with E-state index < -0.39 is 16.0 Å². The zero-order valence-electron chi connectivity index (χ0n) is 14.7. The van der Waals surface area contributed by atoms with Crippen molar-refractivity contribution in [1.29, 1.82) is 0 Å². The average Bonchev–Trinajstić information content (AvgIpc) is 2.50. The van der Waals surface area contributed by atoms with Gasteiger partial charge in [0.1, 0.15) is 0 Å². The molecular formula is C16H28N2O5S. The van der Waals surface area contributed by atoms with Gasteiger partial charge in [-0.05, 0) is 31.1 Å². The number of sulfonamides is 1. The van der Waals surface area contributed by atoms with Crippen molar-refractivity contribution in [2.24, 2.45) is 17.8 Å². The Bertz CT molecular complexity index is 559. The zero-order chi connectivity index (χ0) is 17.9. The van der Waals surface area contributed by atoms with E-state index in [9.17, 15) is 18.0 Å². The number of hydrogen-bond acceptors (Lipinski definition) is 5. The molecule has 0 N–H and O–H groups in total. The van der Waals surface area contributed by atoms with Crippen LogP contribution in [-0.4, -0.2) is 68.5 Å². The number of hydrogen-bond donors (Lipinski definition) is 0. The Balaban J connectivity index is 1.76. The highest BCUT2D eigenvalue weighted by Gasteiger charge is 2.31. The molecule has 2 fully saturated rings. The smallest absolute Gasteiger partial charge is 0.309 e. The average molecular weight is 360 g/mol. The Kier molecular flexibility index (Phi) is 6.25. The molecule has 2 heterocycles. The van der Waals surface area contributed by atoms with Gasteiger partial charge in [-0.15, -0.1) is 0 Å². The van der Waals surface area contributed by atoms with Crippen LogP contribution in [-0.2, 0) is 24.3 Å². The van der Waals surface area contributed by atoms with Gasteiger partial charge in [0, 0.05) is 26.2 Å². The molecule has 2 aliphatic heterocycles. The topological polar surface area (TPSA) is 84.0 Å². The second-order valence-corrected chi connectivity index (χ2v) is 9.27. The van der Waals surface area contributed by atoms with Crippen LogP contribution in [0.5, 0.6) is 0 Å². The molecule has 7 nitrogen and oxygen atoms in total. The molecule has 0 saturated carbocycles. The lowest BCUT2D eigenvalue weighted by atomic mass is 9.92. The normalized spacial score (nSPS) is 27.0. The van der Waals surface area contributed by atoms with Crippen molar-refractivity contribution in [3.8, 4) is 0 Å². The summed E-state index contributed by atoms with van der Waals surface area (Å²) in [6, 6.07) is 0. The SMILES string of the molecule is CC1CC(C)CN(C(=O)COC(=O)C2CCN(S(C)(=O)=O)CC2)C1. The number of carbonyl (C=O) groups excluding carboxylic acids is 2. The van der Waals surface area contributed by atoms with E-state index in [0.717, 1.165) is 6.42 Å². The number of nitrogens with zero attached hydrogens (tertiary/aromatic N) is 2. The minimum absolute atomic E-state index is 0.143. The maximum Gasteiger partial charge on any atom is 0.309 e. The molecule has 2 aliphatic rings. The summed E-state index contributed by atoms with van der Waals surface area (Å²) in [7, 11) is -3.21. The van der Waals surface area contributed by atoms with Crippen LogP contribution in [0.1, 0.15) is 33.1 Å². The van der Waals surface area contributed by atoms with E-state index in [1.54, 1.807) is 4.90 Å². The van der Waals surface area contributed by atoms with Crippen LogP contribution in [0.4, 0.5) is 0 Å². The summed E-state index contributed by atoms with van der Waals surface area (Å²) in [5, 5.41) is 0. The van der Waals surface area contributed by atoms with Gasteiger partial charge in [0.05, 0.1) is 12.2 Å². The Morgan fingerprint density at radius 3 is 2.12 bits per heavy atom. The minimum atomic E-state index is -3.21. The molecule has 0 aromatic heterocycles. The number of piperidine rings is 2. The van der Waals surface area contributed by atoms with Gasteiger partial charge in [0.15, 0.2) is 6.61 Å². The second kappa shape index (κ2) is 7.82. The van der Waals surface area contributed by atoms with Crippen LogP contribution in [0.25, 0.3) is 0 Å². The fraction of sp³-hybridized carbons (Fsp3) is 0.875. The first-order valence-electron chi connectivity index (χ1n) is 8.56. The number of esters is 1. The molecular weight excluding hydrogens is 332 g/mol. The lowest BCUT2D eigenvalue weighted by Gasteiger charge is -2.35. The molecule has 0 aromatic carbocycles. The molecule has 138 valence electrons. The Morgan fingerprint density at radius 1 is 1.08 bits per heavy atom. The first kappa shape index (κ1) is 19.2. The van der Waals surface area contributed by atoms with E-state index in [1.165, 1.54) is 10.6 Å². The zero-order valence-corrected chi connectivity index (χ0v) is 15.5. The fourth-order valence-corrected chi connectivity index (χ4v) is 4.51. The van der Waals surface area contributed by atoms with Gasteiger partial charge in [-0.2, -0.15) is 0 Å². The van der Waals surface area contributed by atoms with Gasteiger partial charge < -0.3 is 9.64 Å². The highest BCUT2D eigenvalue weighted by atomic mass is 32.2. The third kappa shape index (κ3) is 5.17. The van der Waals surface area contributed by atoms with Crippen LogP contribution in [0.3, 0.4) is 0 Å². The molecule has 0 bridgehead atoms. The van der Waals surface area contributed by atoms with Crippen LogP contribution in [0.2, 0.25) is 0 Å². The number of amides is 1. The summed E-state index contributed by atoms with van der Waals surface area (Å²) < 4.78 is 29.5. The first-order chi connectivity index (χ1) is 11.2. The molecule has 2 atom stereocenters. The first-order valence-corrected chi connectivity index (χ1v) is 10.4. The lowest BCUT2D eigenvalue weighted by Crippen LogP contribution is -2.45. The van der Waals surface area contributed by atoms with Crippen LogP contribution >= 0.6 is 0 Å². The molecule has 0 spiro atoms. The molecule has 8 heteroatoms. The molecule has 2 unspecified atom stereocenters. The van der Waals surface area contributed by atoms with Crippen molar-refractivity contribution >= 4 is 21.9 Å². The molecule has 2 saturated heterocycles. The van der Waals surface area contributed by atoms with E-state index >= 15 is 0 Å². The summed E-state index contributed by atoms with van der Waals surface area (Å²) in [6.45, 7) is 6.11. The van der Waals surface area contributed by atoms with Crippen LogP contribution in [0, 0.1) is 17.8 Å². The van der Waals surface area contributed by atoms with E-state index in [-0.39, 0.29) is 18.4 Å². The standard InChI is InChI=1S/C16H28N2O5S/c1-12-8-13(2)10-17(9-12)15(19)11-23-16(20)14-4-6-18(7-5-14)24(3,21)22/h12-14H,4-11H2,1-3H3. The summed E-state index contributed by atoms with van der Waals surface area (Å²) in [4.78, 5) is 26.1. The number of carbonyl (C=O) groups is 2. The Morgan fingerprint density at radius 2 is 1.62 bits per heavy atom. The third-order valence-electron chi connectivity index (χ3n) is 4.82. The predicted molar refractivity (Wildman–Crippen MR) is 89.6 cm³/mol. The predicted octanol–water partition coefficient (Wildman–Crippen LogP) is 0.706. The highest BCUT2D eigenvalue weighted by Crippen LogP contribution is 2.22. The van der Waals surface area contributed by atoms with E-state index in [0.29, 0.717) is 50.9 Å². The van der Waals surface area contributed by atoms with Gasteiger partial charge in [-0.1, -0.05) is 13.8 Å². The largest absolute Gasteiger partial charge is 0.455 e. The Hall–Kier alpha value is -1.15. The van der Waals surface area contributed by atoms with Crippen molar-refractivity contribution in [3.63, 3.8) is 0 Å². The quantitative estimate of drug-likeness (QED) is 0.689. The fourth-order valence-electron chi connectivity index (χ4n) is 3.63. The van der Waals surface area contributed by atoms with Gasteiger partial charge in [-0.3, -0.25) is 9.59 Å². The summed E-state index contributed by atoms with van der Waals surface area (Å²) in [5.41, 5.74) is 0. The summed E-state index contributed by atoms with van der Waals surface area (Å²) >= 11 is 0. The molecule has 2 rings (SSSR count). The molecule has 24 heavy (non-hydrogen) atoms. The van der Waals surface area contributed by atoms with Gasteiger partial charge in [0.25, 0.3) is 5.91 Å². The van der Waals surface area contributed by atoms with Crippen molar-refractivity contribution in [1.82, 2.24) is 9.21 Å². The van der Waals surface area contributed by atoms with Crippen molar-refractivity contribution < 1.29 is 22.7 Å². The van der Waals surface area contributed by atoms with Crippen LogP contribution < -0.4 is 0 Å². The summed E-state index contributed by atoms with van der Waals surface area (Å²) in [6.07, 6.45) is 3.17. The number of likely N-dealkylation sites (tertiary alicyclic amines) is 1. The van der Waals surface area contributed by atoms with Crippen molar-refractivity contribution in [3.05, 3.63) is 0 Å². The number of rotatable bonds is 4. The van der Waals surface area contributed by atoms with Gasteiger partial charge in [-0.25, -0.2) is 12.7 Å². The lowest BCUT2D eigenvalue weighted by molar-refractivity contribution is -0.157. The minimum Gasteiger partial charge on any atom is -0.455 e. The summed E-state index contributed by atoms with van der Waals surface area (Å²) in [5.74, 6) is 0.0716. The van der Waals surface area contributed by atoms with Gasteiger partial charge in [0.2, 0.25) is 10.0 Å². The molecule has 0 aliphatic carbocycles.